The summed E-state index contributed by atoms with van der Waals surface area (Å²) in [5.41, 5.74) is 3.22. The Hall–Kier alpha value is -4.40. The summed E-state index contributed by atoms with van der Waals surface area (Å²) in [6.45, 7) is 0.688. The second kappa shape index (κ2) is 8.75. The number of alkyl halides is 2. The summed E-state index contributed by atoms with van der Waals surface area (Å²) < 4.78 is 42.1. The Labute approximate surface area is 199 Å². The molecule has 35 heavy (non-hydrogen) atoms. The summed E-state index contributed by atoms with van der Waals surface area (Å²) >= 11 is 0. The largest absolute Gasteiger partial charge is 0.449 e. The normalized spacial score (nSPS) is 13.6. The van der Waals surface area contributed by atoms with Crippen molar-refractivity contribution in [3.05, 3.63) is 79.0 Å². The number of ether oxygens (including phenoxy) is 3. The standard InChI is InChI=1S/C26H21F2N3O4/c1-26(2)34-21-13-10-18(14-22(21)35-26)29-25(32)31-15-20(16-6-4-3-5-7-16)23(30-31)17-8-11-19(12-9-17)33-24(27)28/h3-15,24H,1-2H3,(H,29,32). The number of nitrogens with one attached hydrogen (secondary N) is 1. The molecule has 1 N–H and O–H groups in total. The van der Waals surface area contributed by atoms with Gasteiger partial charge in [-0.25, -0.2) is 4.79 Å². The van der Waals surface area contributed by atoms with Crippen LogP contribution in [0.3, 0.4) is 0 Å². The number of amides is 1. The maximum absolute atomic E-state index is 13.1. The van der Waals surface area contributed by atoms with Crippen LogP contribution in [0.15, 0.2) is 79.0 Å². The second-order valence-corrected chi connectivity index (χ2v) is 8.30. The minimum atomic E-state index is -2.91. The van der Waals surface area contributed by atoms with Crippen molar-refractivity contribution in [3.8, 4) is 39.6 Å². The zero-order valence-corrected chi connectivity index (χ0v) is 18.9. The number of benzene rings is 3. The van der Waals surface area contributed by atoms with Crippen LogP contribution in [-0.2, 0) is 0 Å². The minimum absolute atomic E-state index is 0.0353. The number of nitrogens with zero attached hydrogens (tertiary/aromatic N) is 2. The van der Waals surface area contributed by atoms with Crippen LogP contribution in [0.1, 0.15) is 13.8 Å². The maximum Gasteiger partial charge on any atom is 0.387 e. The van der Waals surface area contributed by atoms with E-state index in [1.807, 2.05) is 30.3 Å². The van der Waals surface area contributed by atoms with Crippen LogP contribution in [0.5, 0.6) is 17.2 Å². The van der Waals surface area contributed by atoms with E-state index in [4.69, 9.17) is 9.47 Å². The third-order valence-electron chi connectivity index (χ3n) is 5.27. The van der Waals surface area contributed by atoms with Gasteiger partial charge in [0.1, 0.15) is 11.4 Å². The summed E-state index contributed by atoms with van der Waals surface area (Å²) in [6.07, 6.45) is 1.62. The van der Waals surface area contributed by atoms with Gasteiger partial charge < -0.3 is 19.5 Å². The van der Waals surface area contributed by atoms with Crippen molar-refractivity contribution < 1.29 is 27.8 Å². The van der Waals surface area contributed by atoms with Gasteiger partial charge in [0.25, 0.3) is 0 Å². The Morgan fingerprint density at radius 1 is 0.971 bits per heavy atom. The molecule has 0 fully saturated rings. The molecular weight excluding hydrogens is 456 g/mol. The lowest BCUT2D eigenvalue weighted by Gasteiger charge is -2.16. The average Bonchev–Trinajstić information content (AvgIpc) is 3.39. The fourth-order valence-electron chi connectivity index (χ4n) is 3.80. The Bertz CT molecular complexity index is 1370. The van der Waals surface area contributed by atoms with Gasteiger partial charge in [0.05, 0.1) is 0 Å². The van der Waals surface area contributed by atoms with Gasteiger partial charge in [-0.05, 0) is 42.0 Å². The second-order valence-electron chi connectivity index (χ2n) is 8.30. The van der Waals surface area contributed by atoms with Gasteiger partial charge in [-0.15, -0.1) is 0 Å². The number of fused-ring (bicyclic) bond motifs is 1. The van der Waals surface area contributed by atoms with E-state index >= 15 is 0 Å². The predicted molar refractivity (Wildman–Crippen MR) is 126 cm³/mol. The molecule has 7 nitrogen and oxygen atoms in total. The highest BCUT2D eigenvalue weighted by molar-refractivity contribution is 5.93. The Balaban J connectivity index is 1.45. The van der Waals surface area contributed by atoms with Crippen LogP contribution in [0, 0.1) is 0 Å². The molecule has 5 rings (SSSR count). The van der Waals surface area contributed by atoms with Crippen LogP contribution in [0.4, 0.5) is 19.3 Å². The fourth-order valence-corrected chi connectivity index (χ4v) is 3.80. The van der Waals surface area contributed by atoms with E-state index in [9.17, 15) is 13.6 Å². The molecule has 1 aromatic heterocycles. The third-order valence-corrected chi connectivity index (χ3v) is 5.27. The Morgan fingerprint density at radius 3 is 2.40 bits per heavy atom. The molecule has 0 unspecified atom stereocenters. The predicted octanol–water partition coefficient (Wildman–Crippen LogP) is 6.41. The van der Waals surface area contributed by atoms with Gasteiger partial charge in [0.2, 0.25) is 5.79 Å². The van der Waals surface area contributed by atoms with E-state index in [2.05, 4.69) is 15.2 Å². The Kier molecular flexibility index (Phi) is 5.60. The van der Waals surface area contributed by atoms with Gasteiger partial charge in [0.15, 0.2) is 11.5 Å². The molecule has 0 bridgehead atoms. The van der Waals surface area contributed by atoms with Crippen molar-refractivity contribution >= 4 is 11.7 Å². The minimum Gasteiger partial charge on any atom is -0.449 e. The number of carbonyl (C=O) groups is 1. The van der Waals surface area contributed by atoms with Gasteiger partial charge in [-0.1, -0.05) is 30.3 Å². The molecule has 178 valence electrons. The summed E-state index contributed by atoms with van der Waals surface area (Å²) in [5.74, 6) is 0.390. The highest BCUT2D eigenvalue weighted by Gasteiger charge is 2.31. The van der Waals surface area contributed by atoms with Crippen molar-refractivity contribution in [3.63, 3.8) is 0 Å². The number of aromatic nitrogens is 2. The van der Waals surface area contributed by atoms with Crippen LogP contribution in [0.2, 0.25) is 0 Å². The lowest BCUT2D eigenvalue weighted by atomic mass is 10.0. The first-order valence-corrected chi connectivity index (χ1v) is 10.8. The highest BCUT2D eigenvalue weighted by atomic mass is 19.3. The van der Waals surface area contributed by atoms with Gasteiger partial charge >= 0.3 is 12.6 Å². The summed E-state index contributed by atoms with van der Waals surface area (Å²) in [6, 6.07) is 20.2. The average molecular weight is 477 g/mol. The fraction of sp³-hybridized carbons (Fsp3) is 0.154. The maximum atomic E-state index is 13.1. The monoisotopic (exact) mass is 477 g/mol. The molecule has 0 saturated carbocycles. The van der Waals surface area contributed by atoms with E-state index in [0.717, 1.165) is 5.56 Å². The first-order chi connectivity index (χ1) is 16.8. The molecule has 0 aliphatic carbocycles. The SMILES string of the molecule is CC1(C)Oc2ccc(NC(=O)n3cc(-c4ccccc4)c(-c4ccc(OC(F)F)cc4)n3)cc2O1. The van der Waals surface area contributed by atoms with Gasteiger partial charge in [-0.2, -0.15) is 18.6 Å². The van der Waals surface area contributed by atoms with E-state index in [-0.39, 0.29) is 5.75 Å². The van der Waals surface area contributed by atoms with E-state index in [1.165, 1.54) is 16.8 Å². The number of hydrogen-bond donors (Lipinski definition) is 1. The molecule has 1 aliphatic rings. The van der Waals surface area contributed by atoms with Gasteiger partial charge in [0, 0.05) is 42.9 Å². The number of rotatable bonds is 5. The van der Waals surface area contributed by atoms with E-state index in [1.54, 1.807) is 50.4 Å². The third kappa shape index (κ3) is 4.79. The molecule has 4 aromatic rings. The van der Waals surface area contributed by atoms with Crippen LogP contribution >= 0.6 is 0 Å². The lowest BCUT2D eigenvalue weighted by molar-refractivity contribution is -0.0499. The van der Waals surface area contributed by atoms with Crippen molar-refractivity contribution in [1.82, 2.24) is 9.78 Å². The van der Waals surface area contributed by atoms with Crippen LogP contribution in [-0.4, -0.2) is 28.2 Å². The van der Waals surface area contributed by atoms with E-state index < -0.39 is 18.4 Å². The lowest BCUT2D eigenvalue weighted by Crippen LogP contribution is -2.29. The van der Waals surface area contributed by atoms with Crippen LogP contribution < -0.4 is 19.5 Å². The summed E-state index contributed by atoms with van der Waals surface area (Å²) in [5, 5.41) is 7.31. The topological polar surface area (TPSA) is 74.6 Å². The van der Waals surface area contributed by atoms with E-state index in [0.29, 0.717) is 34.0 Å². The number of anilines is 1. The van der Waals surface area contributed by atoms with Crippen molar-refractivity contribution in [2.45, 2.75) is 26.2 Å². The molecule has 0 atom stereocenters. The summed E-state index contributed by atoms with van der Waals surface area (Å²) in [7, 11) is 0. The zero-order chi connectivity index (χ0) is 24.6. The van der Waals surface area contributed by atoms with Crippen molar-refractivity contribution in [2.24, 2.45) is 0 Å². The molecule has 1 aliphatic heterocycles. The molecule has 0 radical (unpaired) electrons. The number of halogens is 2. The molecule has 9 heteroatoms. The Morgan fingerprint density at radius 2 is 1.69 bits per heavy atom. The molecular formula is C26H21F2N3O4. The zero-order valence-electron chi connectivity index (χ0n) is 18.9. The molecule has 3 aromatic carbocycles. The van der Waals surface area contributed by atoms with Crippen molar-refractivity contribution in [1.29, 1.82) is 0 Å². The first kappa shape index (κ1) is 22.4. The van der Waals surface area contributed by atoms with Crippen molar-refractivity contribution in [2.75, 3.05) is 5.32 Å². The molecule has 2 heterocycles. The van der Waals surface area contributed by atoms with Crippen LogP contribution in [0.25, 0.3) is 22.4 Å². The quantitative estimate of drug-likeness (QED) is 0.360. The molecule has 1 amide bonds. The first-order valence-electron chi connectivity index (χ1n) is 10.8. The molecule has 0 spiro atoms. The highest BCUT2D eigenvalue weighted by Crippen LogP contribution is 2.40. The number of hydrogen-bond acceptors (Lipinski definition) is 5. The van der Waals surface area contributed by atoms with Gasteiger partial charge in [-0.3, -0.25) is 0 Å². The molecule has 0 saturated heterocycles. The number of carbonyl (C=O) groups excluding carboxylic acids is 1. The summed E-state index contributed by atoms with van der Waals surface area (Å²) in [4.78, 5) is 13.1. The smallest absolute Gasteiger partial charge is 0.387 e.